The summed E-state index contributed by atoms with van der Waals surface area (Å²) >= 11 is 0. The summed E-state index contributed by atoms with van der Waals surface area (Å²) in [5, 5.41) is 20.2. The minimum Gasteiger partial charge on any atom is -0.370 e. The number of hydrogen-bond acceptors (Lipinski definition) is 5. The molecule has 0 spiro atoms. The van der Waals surface area contributed by atoms with E-state index in [0.29, 0.717) is 22.4 Å². The minimum atomic E-state index is -0.537. The number of carbonyl (C=O) groups is 1. The van der Waals surface area contributed by atoms with E-state index in [4.69, 9.17) is 11.1 Å². The van der Waals surface area contributed by atoms with Crippen molar-refractivity contribution in [1.29, 1.82) is 5.41 Å². The van der Waals surface area contributed by atoms with E-state index in [1.807, 2.05) is 0 Å². The number of nitro groups is 1. The van der Waals surface area contributed by atoms with E-state index in [1.165, 1.54) is 18.2 Å². The van der Waals surface area contributed by atoms with Gasteiger partial charge in [-0.05, 0) is 12.1 Å². The maximum Gasteiger partial charge on any atom is 0.271 e. The number of hydrogen-bond donors (Lipinski definition) is 4. The van der Waals surface area contributed by atoms with Crippen LogP contribution in [0.2, 0.25) is 0 Å². The third-order valence-corrected chi connectivity index (χ3v) is 3.35. The molecule has 25 heavy (non-hydrogen) atoms. The Morgan fingerprint density at radius 3 is 2.68 bits per heavy atom. The molecule has 2 aromatic carbocycles. The molecule has 0 radical (unpaired) electrons. The van der Waals surface area contributed by atoms with Crippen LogP contribution < -0.4 is 11.1 Å². The maximum atomic E-state index is 12.1. The van der Waals surface area contributed by atoms with Crippen molar-refractivity contribution in [1.82, 2.24) is 15.3 Å². The molecule has 0 saturated heterocycles. The van der Waals surface area contributed by atoms with E-state index in [1.54, 1.807) is 24.3 Å². The van der Waals surface area contributed by atoms with Gasteiger partial charge in [0.1, 0.15) is 5.82 Å². The predicted octanol–water partition coefficient (Wildman–Crippen LogP) is 2.18. The SMILES string of the molecule is Cl.N=C(N)NC(=O)c1ccccc1-c1nc2ccc([N+](=O)[O-])cc2[nH]1. The van der Waals surface area contributed by atoms with Crippen molar-refractivity contribution in [3.05, 3.63) is 58.1 Å². The standard InChI is InChI=1S/C15H12N6O3.ClH/c16-15(17)20-14(22)10-4-2-1-3-9(10)13-18-11-6-5-8(21(23)24)7-12(11)19-13;/h1-7H,(H,18,19)(H4,16,17,20,22);1H. The number of fused-ring (bicyclic) bond motifs is 1. The number of non-ortho nitro benzene ring substituents is 1. The molecule has 0 bridgehead atoms. The Morgan fingerprint density at radius 2 is 2.00 bits per heavy atom. The van der Waals surface area contributed by atoms with Crippen LogP contribution in [0.15, 0.2) is 42.5 Å². The van der Waals surface area contributed by atoms with Gasteiger partial charge in [-0.25, -0.2) is 4.98 Å². The van der Waals surface area contributed by atoms with Gasteiger partial charge in [-0.2, -0.15) is 0 Å². The number of aromatic nitrogens is 2. The van der Waals surface area contributed by atoms with E-state index in [-0.39, 0.29) is 23.7 Å². The van der Waals surface area contributed by atoms with Crippen molar-refractivity contribution in [2.24, 2.45) is 5.73 Å². The van der Waals surface area contributed by atoms with Gasteiger partial charge in [-0.3, -0.25) is 25.6 Å². The molecule has 1 aromatic heterocycles. The molecule has 0 atom stereocenters. The highest BCUT2D eigenvalue weighted by Gasteiger charge is 2.16. The second-order valence-electron chi connectivity index (χ2n) is 4.96. The molecule has 1 heterocycles. The van der Waals surface area contributed by atoms with Crippen LogP contribution in [0.25, 0.3) is 22.4 Å². The Morgan fingerprint density at radius 1 is 1.28 bits per heavy atom. The van der Waals surface area contributed by atoms with Crippen LogP contribution in [-0.2, 0) is 0 Å². The second-order valence-corrected chi connectivity index (χ2v) is 4.96. The number of guanidine groups is 1. The summed E-state index contributed by atoms with van der Waals surface area (Å²) < 4.78 is 0. The molecular formula is C15H13ClN6O3. The van der Waals surface area contributed by atoms with Gasteiger partial charge in [0.15, 0.2) is 5.96 Å². The van der Waals surface area contributed by atoms with Gasteiger partial charge >= 0.3 is 0 Å². The summed E-state index contributed by atoms with van der Waals surface area (Å²) in [5.41, 5.74) is 6.94. The van der Waals surface area contributed by atoms with Gasteiger partial charge in [-0.1, -0.05) is 18.2 Å². The van der Waals surface area contributed by atoms with Gasteiger partial charge in [0, 0.05) is 17.7 Å². The first-order valence-electron chi connectivity index (χ1n) is 6.84. The highest BCUT2D eigenvalue weighted by molar-refractivity contribution is 6.08. The van der Waals surface area contributed by atoms with Crippen molar-refractivity contribution in [3.63, 3.8) is 0 Å². The lowest BCUT2D eigenvalue weighted by Crippen LogP contribution is -2.35. The fourth-order valence-corrected chi connectivity index (χ4v) is 2.32. The zero-order chi connectivity index (χ0) is 17.3. The Hall–Kier alpha value is -3.46. The van der Waals surface area contributed by atoms with Crippen LogP contribution in [-0.4, -0.2) is 26.8 Å². The average molecular weight is 361 g/mol. The average Bonchev–Trinajstić information content (AvgIpc) is 2.97. The second kappa shape index (κ2) is 6.97. The van der Waals surface area contributed by atoms with Gasteiger partial charge in [-0.15, -0.1) is 12.4 Å². The molecule has 5 N–H and O–H groups in total. The number of H-pyrrole nitrogens is 1. The smallest absolute Gasteiger partial charge is 0.271 e. The van der Waals surface area contributed by atoms with Crippen molar-refractivity contribution < 1.29 is 9.72 Å². The minimum absolute atomic E-state index is 0. The molecular weight excluding hydrogens is 348 g/mol. The molecule has 3 rings (SSSR count). The highest BCUT2D eigenvalue weighted by atomic mass is 35.5. The topological polar surface area (TPSA) is 151 Å². The van der Waals surface area contributed by atoms with Crippen LogP contribution in [0.1, 0.15) is 10.4 Å². The Labute approximate surface area is 147 Å². The van der Waals surface area contributed by atoms with E-state index >= 15 is 0 Å². The summed E-state index contributed by atoms with van der Waals surface area (Å²) in [7, 11) is 0. The molecule has 0 saturated carbocycles. The number of rotatable bonds is 3. The van der Waals surface area contributed by atoms with Gasteiger partial charge in [0.25, 0.3) is 11.6 Å². The number of benzene rings is 2. The number of amides is 1. The number of nitrogens with zero attached hydrogens (tertiary/aromatic N) is 2. The molecule has 0 unspecified atom stereocenters. The summed E-state index contributed by atoms with van der Waals surface area (Å²) in [6.07, 6.45) is 0. The van der Waals surface area contributed by atoms with E-state index in [9.17, 15) is 14.9 Å². The molecule has 0 fully saturated rings. The van der Waals surface area contributed by atoms with Crippen molar-refractivity contribution >= 4 is 41.0 Å². The molecule has 128 valence electrons. The largest absolute Gasteiger partial charge is 0.370 e. The number of nitrogens with two attached hydrogens (primary N) is 1. The highest BCUT2D eigenvalue weighted by Crippen LogP contribution is 2.26. The van der Waals surface area contributed by atoms with E-state index in [2.05, 4.69) is 15.3 Å². The van der Waals surface area contributed by atoms with Crippen LogP contribution in [0.3, 0.4) is 0 Å². The van der Waals surface area contributed by atoms with Crippen LogP contribution in [0.5, 0.6) is 0 Å². The lowest BCUT2D eigenvalue weighted by Gasteiger charge is -2.07. The lowest BCUT2D eigenvalue weighted by atomic mass is 10.1. The lowest BCUT2D eigenvalue weighted by molar-refractivity contribution is -0.384. The number of imidazole rings is 1. The first-order chi connectivity index (χ1) is 11.5. The van der Waals surface area contributed by atoms with Gasteiger partial charge < -0.3 is 10.7 Å². The maximum absolute atomic E-state index is 12.1. The normalized spacial score (nSPS) is 10.1. The zero-order valence-electron chi connectivity index (χ0n) is 12.6. The third-order valence-electron chi connectivity index (χ3n) is 3.35. The summed E-state index contributed by atoms with van der Waals surface area (Å²) in [5.74, 6) is -0.612. The number of nitrogens with one attached hydrogen (secondary N) is 3. The van der Waals surface area contributed by atoms with Gasteiger partial charge in [0.05, 0.1) is 21.5 Å². The van der Waals surface area contributed by atoms with E-state index < -0.39 is 16.8 Å². The van der Waals surface area contributed by atoms with Crippen molar-refractivity contribution in [2.45, 2.75) is 0 Å². The molecule has 9 nitrogen and oxygen atoms in total. The Bertz CT molecular complexity index is 984. The molecule has 10 heteroatoms. The number of nitro benzene ring substituents is 1. The first kappa shape index (κ1) is 17.9. The number of carbonyl (C=O) groups excluding carboxylic acids is 1. The van der Waals surface area contributed by atoms with Crippen LogP contribution in [0.4, 0.5) is 5.69 Å². The molecule has 1 amide bonds. The van der Waals surface area contributed by atoms with Crippen LogP contribution >= 0.6 is 12.4 Å². The zero-order valence-corrected chi connectivity index (χ0v) is 13.5. The van der Waals surface area contributed by atoms with E-state index in [0.717, 1.165) is 0 Å². The van der Waals surface area contributed by atoms with Gasteiger partial charge in [0.2, 0.25) is 0 Å². The fourth-order valence-electron chi connectivity index (χ4n) is 2.32. The van der Waals surface area contributed by atoms with Crippen molar-refractivity contribution in [2.75, 3.05) is 0 Å². The fraction of sp³-hybridized carbons (Fsp3) is 0. The molecule has 3 aromatic rings. The Kier molecular flexibility index (Phi) is 4.99. The molecule has 0 aliphatic heterocycles. The Balaban J connectivity index is 0.00000225. The monoisotopic (exact) mass is 360 g/mol. The predicted molar refractivity (Wildman–Crippen MR) is 94.8 cm³/mol. The summed E-state index contributed by atoms with van der Waals surface area (Å²) in [4.78, 5) is 29.8. The number of aromatic amines is 1. The quantitative estimate of drug-likeness (QED) is 0.244. The first-order valence-corrected chi connectivity index (χ1v) is 6.84. The summed E-state index contributed by atoms with van der Waals surface area (Å²) in [6.45, 7) is 0. The van der Waals surface area contributed by atoms with Crippen molar-refractivity contribution in [3.8, 4) is 11.4 Å². The summed E-state index contributed by atoms with van der Waals surface area (Å²) in [6, 6.07) is 10.9. The molecule has 0 aliphatic rings. The molecule has 0 aliphatic carbocycles. The van der Waals surface area contributed by atoms with Crippen LogP contribution in [0, 0.1) is 15.5 Å². The third kappa shape index (κ3) is 3.56. The number of halogens is 1.